The van der Waals surface area contributed by atoms with Crippen molar-refractivity contribution in [1.82, 2.24) is 4.90 Å². The Bertz CT molecular complexity index is 247. The van der Waals surface area contributed by atoms with Crippen molar-refractivity contribution in [1.29, 1.82) is 0 Å². The Morgan fingerprint density at radius 3 is 2.33 bits per heavy atom. The average Bonchev–Trinajstić information content (AvgIpc) is 2.40. The van der Waals surface area contributed by atoms with Crippen LogP contribution in [-0.4, -0.2) is 36.2 Å². The normalized spacial score (nSPS) is 32.7. The highest BCUT2D eigenvalue weighted by Gasteiger charge is 2.35. The van der Waals surface area contributed by atoms with Gasteiger partial charge in [-0.15, -0.1) is 0 Å². The fraction of sp³-hybridized carbons (Fsp3) is 1.00. The predicted molar refractivity (Wildman–Crippen MR) is 76.7 cm³/mol. The molecule has 2 unspecified atom stereocenters. The summed E-state index contributed by atoms with van der Waals surface area (Å²) in [5.74, 6) is 0.836. The lowest BCUT2D eigenvalue weighted by Gasteiger charge is -2.44. The van der Waals surface area contributed by atoms with Crippen LogP contribution in [0.5, 0.6) is 0 Å². The van der Waals surface area contributed by atoms with Crippen LogP contribution in [0, 0.1) is 11.3 Å². The molecule has 106 valence electrons. The molecule has 0 amide bonds. The Kier molecular flexibility index (Phi) is 5.08. The Morgan fingerprint density at radius 2 is 1.72 bits per heavy atom. The molecule has 2 aliphatic carbocycles. The minimum Gasteiger partial charge on any atom is -0.396 e. The Balaban J connectivity index is 1.93. The van der Waals surface area contributed by atoms with Gasteiger partial charge >= 0.3 is 0 Å². The highest BCUT2D eigenvalue weighted by atomic mass is 16.3. The van der Waals surface area contributed by atoms with Gasteiger partial charge in [-0.05, 0) is 38.6 Å². The van der Waals surface area contributed by atoms with Crippen LogP contribution in [0.3, 0.4) is 0 Å². The molecule has 1 N–H and O–H groups in total. The van der Waals surface area contributed by atoms with Gasteiger partial charge in [0, 0.05) is 24.6 Å². The molecule has 0 aromatic heterocycles. The molecule has 0 aromatic carbocycles. The molecule has 18 heavy (non-hydrogen) atoms. The predicted octanol–water partition coefficient (Wildman–Crippen LogP) is 3.44. The molecule has 0 aliphatic heterocycles. The van der Waals surface area contributed by atoms with Crippen molar-refractivity contribution in [2.24, 2.45) is 11.3 Å². The summed E-state index contributed by atoms with van der Waals surface area (Å²) in [6, 6.07) is 0.754. The van der Waals surface area contributed by atoms with Crippen LogP contribution in [-0.2, 0) is 0 Å². The monoisotopic (exact) mass is 253 g/mol. The summed E-state index contributed by atoms with van der Waals surface area (Å²) in [6.07, 6.45) is 12.0. The first-order chi connectivity index (χ1) is 8.67. The van der Waals surface area contributed by atoms with Crippen molar-refractivity contribution in [2.45, 2.75) is 70.8 Å². The highest BCUT2D eigenvalue weighted by Crippen LogP contribution is 2.38. The molecule has 2 fully saturated rings. The van der Waals surface area contributed by atoms with Gasteiger partial charge in [-0.25, -0.2) is 0 Å². The second-order valence-electron chi connectivity index (χ2n) is 6.96. The molecule has 0 radical (unpaired) electrons. The van der Waals surface area contributed by atoms with Gasteiger partial charge in [-0.1, -0.05) is 39.0 Å². The standard InChI is InChI=1S/C16H31NO/c1-14-8-4-5-9-15(14)17(2)12-16(13-18)10-6-3-7-11-16/h14-15,18H,3-13H2,1-2H3. The number of hydrogen-bond acceptors (Lipinski definition) is 2. The molecule has 0 saturated heterocycles. The highest BCUT2D eigenvalue weighted by molar-refractivity contribution is 4.88. The smallest absolute Gasteiger partial charge is 0.0499 e. The largest absolute Gasteiger partial charge is 0.396 e. The summed E-state index contributed by atoms with van der Waals surface area (Å²) in [5, 5.41) is 9.83. The van der Waals surface area contributed by atoms with Crippen molar-refractivity contribution in [2.75, 3.05) is 20.2 Å². The molecule has 2 aliphatic rings. The second kappa shape index (κ2) is 6.38. The molecule has 0 aromatic rings. The van der Waals surface area contributed by atoms with Gasteiger partial charge in [0.15, 0.2) is 0 Å². The van der Waals surface area contributed by atoms with Crippen LogP contribution in [0.4, 0.5) is 0 Å². The van der Waals surface area contributed by atoms with Crippen LogP contribution in [0.2, 0.25) is 0 Å². The lowest BCUT2D eigenvalue weighted by atomic mass is 9.73. The van der Waals surface area contributed by atoms with Crippen LogP contribution in [0.15, 0.2) is 0 Å². The van der Waals surface area contributed by atoms with Crippen molar-refractivity contribution in [3.8, 4) is 0 Å². The summed E-state index contributed by atoms with van der Waals surface area (Å²) in [7, 11) is 2.29. The first-order valence-corrected chi connectivity index (χ1v) is 7.98. The fourth-order valence-electron chi connectivity index (χ4n) is 4.27. The molecular weight excluding hydrogens is 222 g/mol. The van der Waals surface area contributed by atoms with E-state index in [9.17, 15) is 5.11 Å². The van der Waals surface area contributed by atoms with Crippen molar-refractivity contribution in [3.05, 3.63) is 0 Å². The topological polar surface area (TPSA) is 23.5 Å². The lowest BCUT2D eigenvalue weighted by Crippen LogP contribution is -2.47. The van der Waals surface area contributed by atoms with Crippen LogP contribution in [0.25, 0.3) is 0 Å². The van der Waals surface area contributed by atoms with Gasteiger partial charge in [0.05, 0.1) is 0 Å². The average molecular weight is 253 g/mol. The quantitative estimate of drug-likeness (QED) is 0.829. The van der Waals surface area contributed by atoms with Gasteiger partial charge < -0.3 is 10.0 Å². The zero-order valence-electron chi connectivity index (χ0n) is 12.3. The number of aliphatic hydroxyl groups excluding tert-OH is 1. The molecule has 2 rings (SSSR count). The second-order valence-corrected chi connectivity index (χ2v) is 6.96. The SMILES string of the molecule is CC1CCCCC1N(C)CC1(CO)CCCCC1. The third-order valence-electron chi connectivity index (χ3n) is 5.47. The number of nitrogens with zero attached hydrogens (tertiary/aromatic N) is 1. The molecule has 2 nitrogen and oxygen atoms in total. The summed E-state index contributed by atoms with van der Waals surface area (Å²) in [6.45, 7) is 3.91. The number of hydrogen-bond donors (Lipinski definition) is 1. The molecule has 0 spiro atoms. The summed E-state index contributed by atoms with van der Waals surface area (Å²) in [5.41, 5.74) is 0.212. The van der Waals surface area contributed by atoms with E-state index >= 15 is 0 Å². The first kappa shape index (κ1) is 14.3. The maximum atomic E-state index is 9.83. The third kappa shape index (κ3) is 3.27. The number of aliphatic hydroxyl groups is 1. The van der Waals surface area contributed by atoms with Crippen LogP contribution >= 0.6 is 0 Å². The minimum atomic E-state index is 0.212. The maximum absolute atomic E-state index is 9.83. The van der Waals surface area contributed by atoms with E-state index in [0.29, 0.717) is 6.61 Å². The third-order valence-corrected chi connectivity index (χ3v) is 5.47. The summed E-state index contributed by atoms with van der Waals surface area (Å²) in [4.78, 5) is 2.57. The zero-order chi connectivity index (χ0) is 13.0. The van der Waals surface area contributed by atoms with Crippen LogP contribution in [0.1, 0.15) is 64.7 Å². The van der Waals surface area contributed by atoms with Gasteiger partial charge in [-0.2, -0.15) is 0 Å². The van der Waals surface area contributed by atoms with E-state index in [1.807, 2.05) is 0 Å². The van der Waals surface area contributed by atoms with Crippen molar-refractivity contribution < 1.29 is 5.11 Å². The van der Waals surface area contributed by atoms with E-state index < -0.39 is 0 Å². The Labute approximate surface area is 113 Å². The zero-order valence-corrected chi connectivity index (χ0v) is 12.3. The van der Waals surface area contributed by atoms with E-state index in [0.717, 1.165) is 18.5 Å². The Morgan fingerprint density at radius 1 is 1.06 bits per heavy atom. The first-order valence-electron chi connectivity index (χ1n) is 7.98. The Hall–Kier alpha value is -0.0800. The van der Waals surface area contributed by atoms with Gasteiger partial charge in [0.1, 0.15) is 0 Å². The maximum Gasteiger partial charge on any atom is 0.0499 e. The van der Waals surface area contributed by atoms with E-state index in [1.54, 1.807) is 0 Å². The van der Waals surface area contributed by atoms with E-state index in [-0.39, 0.29) is 5.41 Å². The lowest BCUT2D eigenvalue weighted by molar-refractivity contribution is 0.0191. The molecule has 2 heteroatoms. The van der Waals surface area contributed by atoms with Crippen LogP contribution < -0.4 is 0 Å². The summed E-state index contributed by atoms with van der Waals surface area (Å²) >= 11 is 0. The van der Waals surface area contributed by atoms with E-state index in [2.05, 4.69) is 18.9 Å². The molecular formula is C16H31NO. The molecule has 0 heterocycles. The molecule has 0 bridgehead atoms. The minimum absolute atomic E-state index is 0.212. The fourth-order valence-corrected chi connectivity index (χ4v) is 4.27. The van der Waals surface area contributed by atoms with Crippen molar-refractivity contribution in [3.63, 3.8) is 0 Å². The van der Waals surface area contributed by atoms with E-state index in [4.69, 9.17) is 0 Å². The van der Waals surface area contributed by atoms with Gasteiger partial charge in [-0.3, -0.25) is 0 Å². The van der Waals surface area contributed by atoms with E-state index in [1.165, 1.54) is 57.8 Å². The number of rotatable bonds is 4. The van der Waals surface area contributed by atoms with Gasteiger partial charge in [0.25, 0.3) is 0 Å². The van der Waals surface area contributed by atoms with Crippen molar-refractivity contribution >= 4 is 0 Å². The molecule has 2 atom stereocenters. The molecule has 2 saturated carbocycles. The summed E-state index contributed by atoms with van der Waals surface area (Å²) < 4.78 is 0. The van der Waals surface area contributed by atoms with Gasteiger partial charge in [0.2, 0.25) is 0 Å².